The van der Waals surface area contributed by atoms with Crippen molar-refractivity contribution in [2.45, 2.75) is 207 Å². The number of halogens is 2. The van der Waals surface area contributed by atoms with E-state index in [1.165, 1.54) is 215 Å². The van der Waals surface area contributed by atoms with E-state index in [1.54, 1.807) is 0 Å². The molecule has 0 aliphatic heterocycles. The van der Waals surface area contributed by atoms with Crippen molar-refractivity contribution in [3.63, 3.8) is 0 Å². The van der Waals surface area contributed by atoms with Crippen LogP contribution in [0.2, 0.25) is 0 Å². The van der Waals surface area contributed by atoms with Gasteiger partial charge in [-0.05, 0) is 51.4 Å². The Morgan fingerprint density at radius 1 is 0.227 bits per heavy atom. The zero-order valence-corrected chi connectivity index (χ0v) is 33.8. The second-order valence-electron chi connectivity index (χ2n) is 15.3. The van der Waals surface area contributed by atoms with Crippen LogP contribution in [0.3, 0.4) is 0 Å². The lowest BCUT2D eigenvalue weighted by atomic mass is 10.1. The van der Waals surface area contributed by atoms with E-state index in [0.717, 1.165) is 0 Å². The van der Waals surface area contributed by atoms with Crippen LogP contribution in [0.1, 0.15) is 207 Å². The fourth-order valence-corrected chi connectivity index (χ4v) is 6.21. The molecule has 0 rings (SSSR count). The van der Waals surface area contributed by atoms with Crippen molar-refractivity contribution in [1.82, 2.24) is 0 Å². The quantitative estimate of drug-likeness (QED) is 0.0529. The topological polar surface area (TPSA) is 0 Å². The summed E-state index contributed by atoms with van der Waals surface area (Å²) in [5, 5.41) is 0. The molecule has 0 saturated heterocycles. The second-order valence-corrected chi connectivity index (χ2v) is 15.3. The highest BCUT2D eigenvalue weighted by Gasteiger charge is 2.14. The average molecular weight is 668 g/mol. The highest BCUT2D eigenvalue weighted by atomic mass is 35.5. The van der Waals surface area contributed by atoms with Gasteiger partial charge < -0.3 is 33.8 Å². The molecular formula is C40H88Cl2N2. The Morgan fingerprint density at radius 2 is 0.364 bits per heavy atom. The van der Waals surface area contributed by atoms with Crippen LogP contribution in [0.4, 0.5) is 0 Å². The van der Waals surface area contributed by atoms with E-state index in [2.05, 4.69) is 55.9 Å². The molecule has 0 radical (unpaired) electrons. The molecule has 4 heteroatoms. The van der Waals surface area contributed by atoms with Crippen LogP contribution in [0.15, 0.2) is 0 Å². The molecule has 0 heterocycles. The van der Waals surface area contributed by atoms with Crippen molar-refractivity contribution in [1.29, 1.82) is 0 Å². The van der Waals surface area contributed by atoms with Crippen molar-refractivity contribution in [2.75, 3.05) is 54.4 Å². The van der Waals surface area contributed by atoms with Crippen LogP contribution in [0, 0.1) is 0 Å². The van der Waals surface area contributed by atoms with Gasteiger partial charge in [0.2, 0.25) is 0 Å². The number of rotatable bonds is 32. The monoisotopic (exact) mass is 667 g/mol. The molecule has 0 N–H and O–H groups in total. The Labute approximate surface area is 294 Å². The molecule has 0 saturated carbocycles. The Kier molecular flexibility index (Phi) is 46.3. The number of nitrogens with zero attached hydrogens (tertiary/aromatic N) is 2. The van der Waals surface area contributed by atoms with Gasteiger partial charge >= 0.3 is 0 Å². The minimum atomic E-state index is 0. The van der Waals surface area contributed by atoms with E-state index in [0.29, 0.717) is 0 Å². The summed E-state index contributed by atoms with van der Waals surface area (Å²) in [7, 11) is 9.70. The maximum Gasteiger partial charge on any atom is 0.0782 e. The van der Waals surface area contributed by atoms with Gasteiger partial charge in [-0.25, -0.2) is 0 Å². The van der Waals surface area contributed by atoms with Gasteiger partial charge in [-0.3, -0.25) is 0 Å². The van der Waals surface area contributed by atoms with Crippen molar-refractivity contribution < 1.29 is 33.8 Å². The first kappa shape index (κ1) is 51.3. The van der Waals surface area contributed by atoms with Crippen LogP contribution in [-0.2, 0) is 0 Å². The third-order valence-electron chi connectivity index (χ3n) is 9.47. The van der Waals surface area contributed by atoms with Gasteiger partial charge in [-0.2, -0.15) is 0 Å². The van der Waals surface area contributed by atoms with Gasteiger partial charge in [0, 0.05) is 0 Å². The predicted octanol–water partition coefficient (Wildman–Crippen LogP) is 7.14. The minimum Gasteiger partial charge on any atom is -1.00 e. The Balaban J connectivity index is -0.000000348. The molecule has 272 valence electrons. The maximum atomic E-state index is 2.42. The second kappa shape index (κ2) is 39.7. The van der Waals surface area contributed by atoms with Gasteiger partial charge in [0.25, 0.3) is 0 Å². The van der Waals surface area contributed by atoms with Crippen LogP contribution >= 0.6 is 0 Å². The molecule has 0 unspecified atom stereocenters. The number of quaternary nitrogens is 2. The van der Waals surface area contributed by atoms with Crippen LogP contribution in [-0.4, -0.2) is 63.3 Å². The molecule has 0 aliphatic rings. The third kappa shape index (κ3) is 44.6. The molecule has 44 heavy (non-hydrogen) atoms. The summed E-state index contributed by atoms with van der Waals surface area (Å²) in [5.41, 5.74) is 0. The molecule has 0 bridgehead atoms. The van der Waals surface area contributed by atoms with Gasteiger partial charge in [0.1, 0.15) is 0 Å². The molecule has 2 nitrogen and oxygen atoms in total. The molecule has 0 aromatic rings. The number of hydrogen-bond donors (Lipinski definition) is 0. The molecular weight excluding hydrogens is 579 g/mol. The van der Waals surface area contributed by atoms with E-state index in [9.17, 15) is 0 Å². The summed E-state index contributed by atoms with van der Waals surface area (Å²) in [6, 6.07) is 0. The summed E-state index contributed by atoms with van der Waals surface area (Å²) < 4.78 is 2.48. The first-order chi connectivity index (χ1) is 20.2. The summed E-state index contributed by atoms with van der Waals surface area (Å²) in [4.78, 5) is 0. The summed E-state index contributed by atoms with van der Waals surface area (Å²) in [6.07, 6.45) is 40.1. The fraction of sp³-hybridized carbons (Fsp3) is 1.00. The van der Waals surface area contributed by atoms with Crippen molar-refractivity contribution >= 4 is 0 Å². The zero-order valence-electron chi connectivity index (χ0n) is 32.3. The molecule has 0 atom stereocenters. The van der Waals surface area contributed by atoms with Crippen molar-refractivity contribution in [2.24, 2.45) is 0 Å². The van der Waals surface area contributed by atoms with Crippen molar-refractivity contribution in [3.8, 4) is 0 Å². The van der Waals surface area contributed by atoms with E-state index < -0.39 is 0 Å². The van der Waals surface area contributed by atoms with E-state index in [1.807, 2.05) is 0 Å². The summed E-state index contributed by atoms with van der Waals surface area (Å²) in [6.45, 7) is 14.7. The molecule has 0 amide bonds. The number of unbranched alkanes of at least 4 members (excludes halogenated alkanes) is 24. The van der Waals surface area contributed by atoms with Crippen molar-refractivity contribution in [3.05, 3.63) is 0 Å². The van der Waals surface area contributed by atoms with Gasteiger partial charge in [-0.15, -0.1) is 0 Å². The van der Waals surface area contributed by atoms with Crippen LogP contribution in [0.5, 0.6) is 0 Å². The van der Waals surface area contributed by atoms with Gasteiger partial charge in [-0.1, -0.05) is 156 Å². The van der Waals surface area contributed by atoms with E-state index in [4.69, 9.17) is 0 Å². The maximum absolute atomic E-state index is 2.42. The van der Waals surface area contributed by atoms with E-state index >= 15 is 0 Å². The van der Waals surface area contributed by atoms with Crippen LogP contribution < -0.4 is 24.8 Å². The van der Waals surface area contributed by atoms with E-state index in [-0.39, 0.29) is 24.8 Å². The third-order valence-corrected chi connectivity index (χ3v) is 9.47. The standard InChI is InChI=1S/2C20H44N.2ClH/c2*1-5-7-9-11-13-14-16-18-20-21(3,4)19-17-15-12-10-8-6-2;;/h2*5-20H2,1-4H3;2*1H/q2*+1;;/p-2. The smallest absolute Gasteiger partial charge is 0.0782 e. The van der Waals surface area contributed by atoms with Crippen LogP contribution in [0.25, 0.3) is 0 Å². The highest BCUT2D eigenvalue weighted by Crippen LogP contribution is 2.14. The summed E-state index contributed by atoms with van der Waals surface area (Å²) in [5.74, 6) is 0. The molecule has 0 spiro atoms. The first-order valence-electron chi connectivity index (χ1n) is 19.9. The van der Waals surface area contributed by atoms with Gasteiger partial charge in [0.15, 0.2) is 0 Å². The largest absolute Gasteiger partial charge is 1.00 e. The molecule has 0 aromatic carbocycles. The average Bonchev–Trinajstić information content (AvgIpc) is 2.95. The summed E-state index contributed by atoms with van der Waals surface area (Å²) >= 11 is 0. The highest BCUT2D eigenvalue weighted by molar-refractivity contribution is 4.49. The number of hydrogen-bond acceptors (Lipinski definition) is 0. The first-order valence-corrected chi connectivity index (χ1v) is 19.9. The normalized spacial score (nSPS) is 11.5. The minimum absolute atomic E-state index is 0. The Hall–Kier alpha value is 0.500. The zero-order chi connectivity index (χ0) is 31.6. The van der Waals surface area contributed by atoms with Gasteiger partial charge in [0.05, 0.1) is 54.4 Å². The lowest BCUT2D eigenvalue weighted by Crippen LogP contribution is -3.00. The molecule has 0 aliphatic carbocycles. The Morgan fingerprint density at radius 3 is 0.523 bits per heavy atom. The molecule has 0 aromatic heterocycles. The predicted molar refractivity (Wildman–Crippen MR) is 196 cm³/mol. The lowest BCUT2D eigenvalue weighted by molar-refractivity contribution is -0.890. The lowest BCUT2D eigenvalue weighted by Gasteiger charge is -2.30. The Bertz CT molecular complexity index is 452. The SMILES string of the molecule is CCCCCCCCCC[N+](C)(C)CCCCCCCC.CCCCCCCCCC[N+](C)(C)CCCCCCCC.[Cl-].[Cl-]. The fourth-order valence-electron chi connectivity index (χ4n) is 6.21. The molecule has 0 fully saturated rings.